The number of aliphatic hydroxyl groups excluding tert-OH is 3. The fourth-order valence-corrected chi connectivity index (χ4v) is 0.270. The van der Waals surface area contributed by atoms with E-state index in [1.165, 1.54) is 6.92 Å². The van der Waals surface area contributed by atoms with E-state index < -0.39 is 19.2 Å². The molecule has 0 radical (unpaired) electrons. The molecule has 4 nitrogen and oxygen atoms in total. The van der Waals surface area contributed by atoms with Gasteiger partial charge in [0.2, 0.25) is 0 Å². The van der Waals surface area contributed by atoms with E-state index >= 15 is 0 Å². The van der Waals surface area contributed by atoms with Gasteiger partial charge in [-0.1, -0.05) is 0 Å². The first-order valence-corrected chi connectivity index (χ1v) is 2.29. The van der Waals surface area contributed by atoms with Gasteiger partial charge in [-0.15, -0.1) is 0 Å². The molecule has 50 valence electrons. The highest BCUT2D eigenvalue weighted by Crippen LogP contribution is 1.88. The molecule has 8 heavy (non-hydrogen) atoms. The van der Waals surface area contributed by atoms with Crippen LogP contribution in [-0.2, 0) is 4.74 Å². The molecule has 0 aliphatic carbocycles. The van der Waals surface area contributed by atoms with Crippen LogP contribution < -0.4 is 0 Å². The smallest absolute Gasteiger partial charge is 0.180 e. The zero-order chi connectivity index (χ0) is 6.57. The van der Waals surface area contributed by atoms with Crippen molar-refractivity contribution in [2.45, 2.75) is 19.5 Å². The molecule has 0 aliphatic rings. The van der Waals surface area contributed by atoms with E-state index in [-0.39, 0.29) is 0 Å². The summed E-state index contributed by atoms with van der Waals surface area (Å²) < 4.78 is 4.26. The Labute approximate surface area is 47.3 Å². The normalized spacial score (nSPS) is 18.0. The summed E-state index contributed by atoms with van der Waals surface area (Å²) in [5, 5.41) is 24.9. The van der Waals surface area contributed by atoms with Gasteiger partial charge >= 0.3 is 0 Å². The number of hydrogen-bond donors (Lipinski definition) is 3. The van der Waals surface area contributed by atoms with Crippen molar-refractivity contribution in [3.05, 3.63) is 0 Å². The van der Waals surface area contributed by atoms with Crippen LogP contribution in [0.1, 0.15) is 6.92 Å². The summed E-state index contributed by atoms with van der Waals surface area (Å²) in [6.07, 6.45) is -2.30. The van der Waals surface area contributed by atoms with Gasteiger partial charge < -0.3 is 20.1 Å². The zero-order valence-corrected chi connectivity index (χ0v) is 4.61. The number of hydrogen-bond acceptors (Lipinski definition) is 4. The highest BCUT2D eigenvalue weighted by molar-refractivity contribution is 4.32. The molecule has 1 unspecified atom stereocenters. The maximum absolute atomic E-state index is 8.40. The van der Waals surface area contributed by atoms with Crippen LogP contribution in [0.25, 0.3) is 0 Å². The third kappa shape index (κ3) is 4.01. The minimum atomic E-state index is -1.27. The molecule has 3 N–H and O–H groups in total. The molecule has 0 aromatic rings. The van der Waals surface area contributed by atoms with Crippen molar-refractivity contribution in [3.63, 3.8) is 0 Å². The van der Waals surface area contributed by atoms with E-state index in [1.807, 2.05) is 0 Å². The lowest BCUT2D eigenvalue weighted by Gasteiger charge is -2.09. The van der Waals surface area contributed by atoms with Crippen LogP contribution in [0.4, 0.5) is 0 Å². The summed E-state index contributed by atoms with van der Waals surface area (Å²) in [4.78, 5) is 0. The van der Waals surface area contributed by atoms with Crippen molar-refractivity contribution in [1.29, 1.82) is 0 Å². The Balaban J connectivity index is 3.10. The Bertz CT molecular complexity index is 54.0. The molecular formula is C4H10O4. The van der Waals surface area contributed by atoms with E-state index in [1.54, 1.807) is 0 Å². The first-order chi connectivity index (χ1) is 3.66. The monoisotopic (exact) mass is 122 g/mol. The lowest BCUT2D eigenvalue weighted by molar-refractivity contribution is -0.211. The number of rotatable bonds is 3. The second kappa shape index (κ2) is 3.80. The van der Waals surface area contributed by atoms with Gasteiger partial charge in [0, 0.05) is 0 Å². The van der Waals surface area contributed by atoms with Crippen LogP contribution in [0, 0.1) is 0 Å². The van der Waals surface area contributed by atoms with Gasteiger partial charge in [-0.05, 0) is 6.92 Å². The molecular weight excluding hydrogens is 112 g/mol. The number of aliphatic hydroxyl groups is 3. The van der Waals surface area contributed by atoms with Crippen molar-refractivity contribution >= 4 is 0 Å². The summed E-state index contributed by atoms with van der Waals surface area (Å²) in [5.41, 5.74) is 0. The van der Waals surface area contributed by atoms with Crippen molar-refractivity contribution in [1.82, 2.24) is 0 Å². The summed E-state index contributed by atoms with van der Waals surface area (Å²) in [6.45, 7) is 0.851. The van der Waals surface area contributed by atoms with Gasteiger partial charge in [0.25, 0.3) is 0 Å². The van der Waals surface area contributed by atoms with Crippen LogP contribution in [-0.4, -0.2) is 34.5 Å². The van der Waals surface area contributed by atoms with Gasteiger partial charge in [0.05, 0.1) is 6.61 Å². The molecule has 0 heterocycles. The van der Waals surface area contributed by atoms with Crippen molar-refractivity contribution < 1.29 is 20.1 Å². The fourth-order valence-electron chi connectivity index (χ4n) is 0.270. The first-order valence-electron chi connectivity index (χ1n) is 2.29. The molecule has 0 rings (SSSR count). The van der Waals surface area contributed by atoms with Crippen LogP contribution in [0.3, 0.4) is 0 Å². The maximum Gasteiger partial charge on any atom is 0.180 e. The van der Waals surface area contributed by atoms with Gasteiger partial charge in [-0.3, -0.25) is 0 Å². The van der Waals surface area contributed by atoms with Gasteiger partial charge in [-0.2, -0.15) is 0 Å². The van der Waals surface area contributed by atoms with E-state index in [2.05, 4.69) is 4.74 Å². The van der Waals surface area contributed by atoms with Gasteiger partial charge in [0.15, 0.2) is 12.6 Å². The standard InChI is InChI=1S/C4H10O4/c1-3(6)8-4(7)2-5/h3-7H,2H2,1H3/t3-,4?/m1/s1. The minimum Gasteiger partial charge on any atom is -0.391 e. The Morgan fingerprint density at radius 3 is 2.12 bits per heavy atom. The third-order valence-corrected chi connectivity index (χ3v) is 0.510. The molecule has 0 fully saturated rings. The van der Waals surface area contributed by atoms with Crippen LogP contribution in [0.2, 0.25) is 0 Å². The highest BCUT2D eigenvalue weighted by Gasteiger charge is 2.03. The maximum atomic E-state index is 8.40. The van der Waals surface area contributed by atoms with Gasteiger partial charge in [0.1, 0.15) is 0 Å². The Hall–Kier alpha value is -0.160. The van der Waals surface area contributed by atoms with E-state index in [0.29, 0.717) is 0 Å². The van der Waals surface area contributed by atoms with Crippen LogP contribution in [0.5, 0.6) is 0 Å². The van der Waals surface area contributed by atoms with Crippen molar-refractivity contribution in [2.75, 3.05) is 6.61 Å². The molecule has 0 aliphatic heterocycles. The largest absolute Gasteiger partial charge is 0.391 e. The van der Waals surface area contributed by atoms with E-state index in [0.717, 1.165) is 0 Å². The Kier molecular flexibility index (Phi) is 3.72. The van der Waals surface area contributed by atoms with E-state index in [9.17, 15) is 0 Å². The molecule has 0 aromatic carbocycles. The van der Waals surface area contributed by atoms with Crippen molar-refractivity contribution in [3.8, 4) is 0 Å². The van der Waals surface area contributed by atoms with Crippen molar-refractivity contribution in [2.24, 2.45) is 0 Å². The fraction of sp³-hybridized carbons (Fsp3) is 1.00. The molecule has 4 heteroatoms. The first kappa shape index (κ1) is 7.84. The molecule has 0 spiro atoms. The summed E-state index contributed by atoms with van der Waals surface area (Å²) >= 11 is 0. The summed E-state index contributed by atoms with van der Waals surface area (Å²) in [6, 6.07) is 0. The SMILES string of the molecule is C[C@H](O)OC(O)CO. The molecule has 0 amide bonds. The van der Waals surface area contributed by atoms with E-state index in [4.69, 9.17) is 15.3 Å². The quantitative estimate of drug-likeness (QED) is 0.405. The average molecular weight is 122 g/mol. The zero-order valence-electron chi connectivity index (χ0n) is 4.61. The van der Waals surface area contributed by atoms with Crippen LogP contribution >= 0.6 is 0 Å². The Morgan fingerprint density at radius 1 is 1.50 bits per heavy atom. The second-order valence-electron chi connectivity index (χ2n) is 1.37. The molecule has 0 aromatic heterocycles. The molecule has 2 atom stereocenters. The lowest BCUT2D eigenvalue weighted by Crippen LogP contribution is -2.22. The third-order valence-electron chi connectivity index (χ3n) is 0.510. The highest BCUT2D eigenvalue weighted by atomic mass is 16.7. The van der Waals surface area contributed by atoms with Crippen LogP contribution in [0.15, 0.2) is 0 Å². The molecule has 0 saturated heterocycles. The average Bonchev–Trinajstić information content (AvgIpc) is 1.65. The second-order valence-corrected chi connectivity index (χ2v) is 1.37. The summed E-state index contributed by atoms with van der Waals surface area (Å²) in [5.74, 6) is 0. The topological polar surface area (TPSA) is 69.9 Å². The minimum absolute atomic E-state index is 0.495. The predicted octanol–water partition coefficient (Wildman–Crippen LogP) is -1.35. The molecule has 0 saturated carbocycles. The predicted molar refractivity (Wildman–Crippen MR) is 25.9 cm³/mol. The number of ether oxygens (including phenoxy) is 1. The summed E-state index contributed by atoms with van der Waals surface area (Å²) in [7, 11) is 0. The lowest BCUT2D eigenvalue weighted by atomic mass is 10.6. The molecule has 0 bridgehead atoms. The van der Waals surface area contributed by atoms with Gasteiger partial charge in [-0.25, -0.2) is 0 Å². The Morgan fingerprint density at radius 2 is 2.00 bits per heavy atom.